The molecule has 0 radical (unpaired) electrons. The third kappa shape index (κ3) is 5.47. The number of hydrogen-bond acceptors (Lipinski definition) is 5. The van der Waals surface area contributed by atoms with Crippen LogP contribution >= 0.6 is 11.3 Å². The quantitative estimate of drug-likeness (QED) is 0.133. The fourth-order valence-corrected chi connectivity index (χ4v) is 6.95. The summed E-state index contributed by atoms with van der Waals surface area (Å²) >= 11 is 2.55. The first-order valence-corrected chi connectivity index (χ1v) is 16.0. The maximum Gasteiger partial charge on any atom is -0.0507 e. The molecule has 0 spiro atoms. The number of likely N-dealkylation sites (tertiary alicyclic amines) is 1. The molecule has 0 amide bonds. The summed E-state index contributed by atoms with van der Waals surface area (Å²) in [6.07, 6.45) is 1.03. The normalized spacial score (nSPS) is 14.2. The fraction of sp³-hybridized carbons (Fsp3) is 0.276. The molecule has 1 saturated heterocycles. The van der Waals surface area contributed by atoms with Crippen LogP contribution in [-0.2, 0) is 0 Å². The van der Waals surface area contributed by atoms with E-state index in [0.29, 0.717) is 17.0 Å². The number of rotatable bonds is 9. The van der Waals surface area contributed by atoms with Gasteiger partial charge in [0, 0.05) is 21.2 Å². The Labute approximate surface area is 226 Å². The number of thiophene rings is 1. The second kappa shape index (κ2) is 10.8. The standard InChI is InChI=1S/C29H28NO3S.Tl/c1-19-4-6-22(7-5-19)28(32)29-27(25-13-10-23(31)16-26(25)34-29)21-8-11-24(12-9-21)33-15-3-14-30-17-20(2)18-30;/h4-13,16,20,31H,2-3,14-15,17-18H2,1H3;. The van der Waals surface area contributed by atoms with Gasteiger partial charge in [-0.25, -0.2) is 0 Å². The molecule has 1 aromatic heterocycles. The van der Waals surface area contributed by atoms with Gasteiger partial charge in [0.05, 0.1) is 4.88 Å². The van der Waals surface area contributed by atoms with Gasteiger partial charge in [-0.3, -0.25) is 4.79 Å². The van der Waals surface area contributed by atoms with Gasteiger partial charge in [-0.05, 0) is 25.1 Å². The smallest absolute Gasteiger partial charge is 0.0507 e. The first-order valence-electron chi connectivity index (χ1n) is 12.0. The SMILES string of the molecule is Cc1ccc(C(=O)c2sc3cc(O)ccc3c2-c2ccc(OCCCN3CC([CH2][Tl])C3)cc2)cc1. The first kappa shape index (κ1) is 24.5. The number of ketones is 1. The van der Waals surface area contributed by atoms with E-state index in [1.165, 1.54) is 28.4 Å². The minimum Gasteiger partial charge on any atom is -0.0586 e. The van der Waals surface area contributed by atoms with Crippen molar-refractivity contribution in [3.05, 3.63) is 82.7 Å². The summed E-state index contributed by atoms with van der Waals surface area (Å²) in [6.45, 7) is 6.36. The molecule has 4 aromatic rings. The van der Waals surface area contributed by atoms with Crippen molar-refractivity contribution in [2.24, 2.45) is 5.92 Å². The van der Waals surface area contributed by atoms with Gasteiger partial charge in [0.2, 0.25) is 5.78 Å². The summed E-state index contributed by atoms with van der Waals surface area (Å²) in [4.78, 5) is 16.7. The van der Waals surface area contributed by atoms with Crippen LogP contribution < -0.4 is 4.74 Å². The number of ether oxygens (including phenoxy) is 1. The molecule has 2 heterocycles. The van der Waals surface area contributed by atoms with Gasteiger partial charge in [-0.1, -0.05) is 29.8 Å². The van der Waals surface area contributed by atoms with E-state index in [-0.39, 0.29) is 11.5 Å². The molecule has 4 nitrogen and oxygen atoms in total. The minimum absolute atomic E-state index is 0.000125. The van der Waals surface area contributed by atoms with Gasteiger partial charge in [0.15, 0.2) is 0 Å². The Kier molecular flexibility index (Phi) is 7.55. The number of phenols is 1. The molecule has 0 bridgehead atoms. The van der Waals surface area contributed by atoms with Crippen molar-refractivity contribution in [1.82, 2.24) is 4.90 Å². The molecule has 6 heteroatoms. The molecule has 3 aromatic carbocycles. The average molecular weight is 675 g/mol. The van der Waals surface area contributed by atoms with E-state index in [1.54, 1.807) is 12.1 Å². The second-order valence-electron chi connectivity index (χ2n) is 9.27. The summed E-state index contributed by atoms with van der Waals surface area (Å²) in [5.74, 6) is 2.00. The summed E-state index contributed by atoms with van der Waals surface area (Å²) in [5.41, 5.74) is 3.67. The number of carbonyl (C=O) groups is 1. The molecule has 1 N–H and O–H groups in total. The third-order valence-corrected chi connectivity index (χ3v) is 10.3. The number of phenolic OH excluding ortho intramolecular Hbond substituents is 1. The van der Waals surface area contributed by atoms with Crippen LogP contribution in [0.1, 0.15) is 27.2 Å². The predicted octanol–water partition coefficient (Wildman–Crippen LogP) is 6.10. The van der Waals surface area contributed by atoms with E-state index in [0.717, 1.165) is 77.2 Å². The van der Waals surface area contributed by atoms with Crippen LogP contribution in [0, 0.1) is 12.8 Å². The topological polar surface area (TPSA) is 49.8 Å². The molecular weight excluding hydrogens is 647 g/mol. The fourth-order valence-electron chi connectivity index (χ4n) is 4.57. The number of aryl methyl sites for hydroxylation is 1. The Bertz CT molecular complexity index is 1320. The predicted molar refractivity (Wildman–Crippen MR) is 144 cm³/mol. The largest absolute Gasteiger partial charge is 0.0586 e. The summed E-state index contributed by atoms with van der Waals surface area (Å²) in [6, 6.07) is 21.0. The van der Waals surface area contributed by atoms with Crippen molar-refractivity contribution in [3.8, 4) is 22.6 Å². The molecule has 1 fully saturated rings. The zero-order valence-electron chi connectivity index (χ0n) is 19.9. The maximum atomic E-state index is 13.5. The van der Waals surface area contributed by atoms with Crippen molar-refractivity contribution < 1.29 is 14.6 Å². The third-order valence-electron chi connectivity index (χ3n) is 6.59. The molecular formula is C29H28NO3STl. The van der Waals surface area contributed by atoms with Gasteiger partial charge in [-0.15, -0.1) is 11.3 Å². The Hall–Kier alpha value is -2.23. The molecule has 0 saturated carbocycles. The van der Waals surface area contributed by atoms with E-state index < -0.39 is 0 Å². The number of benzene rings is 3. The van der Waals surface area contributed by atoms with Gasteiger partial charge in [-0.2, -0.15) is 0 Å². The Balaban J connectivity index is 1.35. The van der Waals surface area contributed by atoms with Gasteiger partial charge < -0.3 is 5.11 Å². The summed E-state index contributed by atoms with van der Waals surface area (Å²) in [5, 5.41) is 11.0. The molecule has 0 unspecified atom stereocenters. The number of nitrogens with zero attached hydrogens (tertiary/aromatic N) is 1. The summed E-state index contributed by atoms with van der Waals surface area (Å²) in [7, 11) is 0. The molecule has 0 aliphatic carbocycles. The van der Waals surface area contributed by atoms with E-state index in [2.05, 4.69) is 4.90 Å². The van der Waals surface area contributed by atoms with Gasteiger partial charge >= 0.3 is 114 Å². The number of carbonyl (C=O) groups excluding carboxylic acids is 1. The Morgan fingerprint density at radius 2 is 1.83 bits per heavy atom. The maximum absolute atomic E-state index is 13.5. The molecule has 1 aliphatic rings. The monoisotopic (exact) mass is 675 g/mol. The van der Waals surface area contributed by atoms with E-state index in [9.17, 15) is 9.90 Å². The zero-order valence-corrected chi connectivity index (χ0v) is 25.2. The van der Waals surface area contributed by atoms with Crippen LogP contribution in [0.3, 0.4) is 0 Å². The van der Waals surface area contributed by atoms with Crippen LogP contribution in [0.4, 0.5) is 0 Å². The molecule has 0 atom stereocenters. The number of fused-ring (bicyclic) bond motifs is 1. The summed E-state index contributed by atoms with van der Waals surface area (Å²) < 4.78 is 8.34. The van der Waals surface area contributed by atoms with Crippen LogP contribution in [0.15, 0.2) is 66.7 Å². The van der Waals surface area contributed by atoms with Gasteiger partial charge in [0.1, 0.15) is 5.75 Å². The van der Waals surface area contributed by atoms with Crippen molar-refractivity contribution in [2.45, 2.75) is 17.3 Å². The molecule has 35 heavy (non-hydrogen) atoms. The molecule has 5 rings (SSSR count). The van der Waals surface area contributed by atoms with Crippen LogP contribution in [0.5, 0.6) is 11.5 Å². The van der Waals surface area contributed by atoms with Crippen LogP contribution in [0.2, 0.25) is 3.98 Å². The van der Waals surface area contributed by atoms with Crippen molar-refractivity contribution in [2.75, 3.05) is 26.2 Å². The number of hydrogen-bond donors (Lipinski definition) is 1. The van der Waals surface area contributed by atoms with Crippen molar-refractivity contribution in [3.63, 3.8) is 0 Å². The van der Waals surface area contributed by atoms with Crippen LogP contribution in [0.25, 0.3) is 21.2 Å². The van der Waals surface area contributed by atoms with E-state index in [1.807, 2.05) is 61.5 Å². The first-order chi connectivity index (χ1) is 17.0. The van der Waals surface area contributed by atoms with Crippen LogP contribution in [-0.4, -0.2) is 67.8 Å². The second-order valence-corrected chi connectivity index (χ2v) is 12.2. The minimum atomic E-state index is 0.000125. The van der Waals surface area contributed by atoms with E-state index in [4.69, 9.17) is 4.74 Å². The van der Waals surface area contributed by atoms with Crippen molar-refractivity contribution >= 4 is 53.0 Å². The van der Waals surface area contributed by atoms with Gasteiger partial charge in [0.25, 0.3) is 0 Å². The number of aromatic hydroxyl groups is 1. The average Bonchev–Trinajstić information content (AvgIpc) is 3.21. The van der Waals surface area contributed by atoms with Crippen molar-refractivity contribution in [1.29, 1.82) is 0 Å². The Morgan fingerprint density at radius 1 is 1.09 bits per heavy atom. The Morgan fingerprint density at radius 3 is 2.54 bits per heavy atom. The molecule has 176 valence electrons. The molecule has 1 aliphatic heterocycles. The zero-order chi connectivity index (χ0) is 24.4. The van der Waals surface area contributed by atoms with E-state index >= 15 is 0 Å².